The first-order valence-corrected chi connectivity index (χ1v) is 8.93. The van der Waals surface area contributed by atoms with Crippen molar-refractivity contribution >= 4 is 5.78 Å². The zero-order valence-electron chi connectivity index (χ0n) is 15.6. The van der Waals surface area contributed by atoms with E-state index in [0.717, 1.165) is 5.56 Å². The second kappa shape index (κ2) is 7.98. The van der Waals surface area contributed by atoms with Gasteiger partial charge in [0.1, 0.15) is 0 Å². The van der Waals surface area contributed by atoms with E-state index < -0.39 is 6.04 Å². The number of Topliss-reactive ketones (excluding diaryl/α,β-unsaturated/α-hetero) is 1. The highest BCUT2D eigenvalue weighted by Gasteiger charge is 2.42. The number of hydrogen-bond donors (Lipinski definition) is 3. The van der Waals surface area contributed by atoms with Crippen LogP contribution in [0.3, 0.4) is 0 Å². The van der Waals surface area contributed by atoms with Crippen molar-refractivity contribution < 1.29 is 24.5 Å². The number of phenols is 1. The van der Waals surface area contributed by atoms with Gasteiger partial charge in [-0.25, -0.2) is 0 Å². The fourth-order valence-corrected chi connectivity index (χ4v) is 3.89. The molecule has 1 saturated heterocycles. The lowest BCUT2D eigenvalue weighted by atomic mass is 9.75. The molecule has 144 valence electrons. The van der Waals surface area contributed by atoms with E-state index in [1.165, 1.54) is 20.3 Å². The highest BCUT2D eigenvalue weighted by Crippen LogP contribution is 2.40. The lowest BCUT2D eigenvalue weighted by molar-refractivity contribution is 0.0947. The molecule has 2 aromatic rings. The van der Waals surface area contributed by atoms with Crippen LogP contribution >= 0.6 is 0 Å². The molecule has 0 aromatic heterocycles. The number of rotatable bonds is 7. The third kappa shape index (κ3) is 3.63. The Morgan fingerprint density at radius 1 is 1.22 bits per heavy atom. The van der Waals surface area contributed by atoms with Crippen LogP contribution in [0.25, 0.3) is 0 Å². The molecule has 0 spiro atoms. The number of benzene rings is 2. The largest absolute Gasteiger partial charge is 0.504 e. The Labute approximate surface area is 158 Å². The summed E-state index contributed by atoms with van der Waals surface area (Å²) in [7, 11) is 2.89. The molecule has 3 rings (SSSR count). The molecule has 0 aliphatic carbocycles. The van der Waals surface area contributed by atoms with Crippen molar-refractivity contribution in [2.45, 2.75) is 24.3 Å². The van der Waals surface area contributed by atoms with E-state index in [9.17, 15) is 15.0 Å². The second-order valence-corrected chi connectivity index (χ2v) is 6.85. The van der Waals surface area contributed by atoms with Crippen LogP contribution in [-0.2, 0) is 5.41 Å². The molecule has 6 heteroatoms. The molecule has 0 bridgehead atoms. The van der Waals surface area contributed by atoms with Gasteiger partial charge in [-0.05, 0) is 30.5 Å². The van der Waals surface area contributed by atoms with Gasteiger partial charge in [0.15, 0.2) is 17.3 Å². The second-order valence-electron chi connectivity index (χ2n) is 6.85. The van der Waals surface area contributed by atoms with E-state index in [2.05, 4.69) is 5.32 Å². The molecule has 1 fully saturated rings. The summed E-state index contributed by atoms with van der Waals surface area (Å²) in [5.41, 5.74) is 1.17. The fraction of sp³-hybridized carbons (Fsp3) is 0.381. The zero-order chi connectivity index (χ0) is 19.4. The van der Waals surface area contributed by atoms with Gasteiger partial charge in [0.2, 0.25) is 5.75 Å². The molecule has 6 nitrogen and oxygen atoms in total. The molecular weight excluding hydrogens is 346 g/mol. The summed E-state index contributed by atoms with van der Waals surface area (Å²) in [6, 6.07) is 12.5. The molecule has 2 aromatic carbocycles. The summed E-state index contributed by atoms with van der Waals surface area (Å²) in [5.74, 6) is 0.251. The summed E-state index contributed by atoms with van der Waals surface area (Å²) in [5, 5.41) is 23.0. The van der Waals surface area contributed by atoms with Gasteiger partial charge in [-0.2, -0.15) is 0 Å². The molecule has 2 unspecified atom stereocenters. The molecule has 27 heavy (non-hydrogen) atoms. The molecule has 3 N–H and O–H groups in total. The Morgan fingerprint density at radius 2 is 1.96 bits per heavy atom. The number of methoxy groups -OCH3 is 2. The van der Waals surface area contributed by atoms with E-state index in [-0.39, 0.29) is 29.3 Å². The van der Waals surface area contributed by atoms with Crippen molar-refractivity contribution in [3.8, 4) is 17.2 Å². The van der Waals surface area contributed by atoms with Crippen molar-refractivity contribution in [3.63, 3.8) is 0 Å². The van der Waals surface area contributed by atoms with Gasteiger partial charge in [-0.1, -0.05) is 30.3 Å². The lowest BCUT2D eigenvalue weighted by Crippen LogP contribution is -2.31. The standard InChI is InChI=1S/C21H25NO5/c1-26-18-11-14(10-17(24)20(18)27-2)19(25)16-12-21(8-9-23,13-22-16)15-6-4-3-5-7-15/h3-7,10-11,16,22-24H,8-9,12-13H2,1-2H3. The van der Waals surface area contributed by atoms with Crippen LogP contribution in [0.15, 0.2) is 42.5 Å². The van der Waals surface area contributed by atoms with Gasteiger partial charge in [0.05, 0.1) is 20.3 Å². The van der Waals surface area contributed by atoms with E-state index in [1.54, 1.807) is 6.07 Å². The van der Waals surface area contributed by atoms with Gasteiger partial charge in [-0.15, -0.1) is 0 Å². The first-order valence-electron chi connectivity index (χ1n) is 8.93. The maximum Gasteiger partial charge on any atom is 0.203 e. The monoisotopic (exact) mass is 371 g/mol. The predicted molar refractivity (Wildman–Crippen MR) is 102 cm³/mol. The Morgan fingerprint density at radius 3 is 2.59 bits per heavy atom. The van der Waals surface area contributed by atoms with Crippen molar-refractivity contribution in [3.05, 3.63) is 53.6 Å². The van der Waals surface area contributed by atoms with Crippen molar-refractivity contribution in [2.75, 3.05) is 27.4 Å². The minimum atomic E-state index is -0.408. The van der Waals surface area contributed by atoms with Gasteiger partial charge < -0.3 is 25.0 Å². The molecule has 1 aliphatic heterocycles. The van der Waals surface area contributed by atoms with Crippen LogP contribution in [0.1, 0.15) is 28.8 Å². The van der Waals surface area contributed by atoms with Gasteiger partial charge in [0.25, 0.3) is 0 Å². The average molecular weight is 371 g/mol. The first-order chi connectivity index (χ1) is 13.0. The topological polar surface area (TPSA) is 88.0 Å². The molecule has 0 radical (unpaired) electrons. The summed E-state index contributed by atoms with van der Waals surface area (Å²) in [4.78, 5) is 13.1. The highest BCUT2D eigenvalue weighted by molar-refractivity contribution is 6.01. The van der Waals surface area contributed by atoms with Crippen LogP contribution in [0.2, 0.25) is 0 Å². The SMILES string of the molecule is COc1cc(C(=O)C2CC(CCO)(c3ccccc3)CN2)cc(O)c1OC. The Kier molecular flexibility index (Phi) is 5.68. The third-order valence-electron chi connectivity index (χ3n) is 5.32. The number of carbonyl (C=O) groups is 1. The molecule has 1 aliphatic rings. The number of nitrogens with one attached hydrogen (secondary N) is 1. The number of carbonyl (C=O) groups excluding carboxylic acids is 1. The Balaban J connectivity index is 1.88. The van der Waals surface area contributed by atoms with Crippen molar-refractivity contribution in [1.82, 2.24) is 5.32 Å². The maximum atomic E-state index is 13.1. The molecule has 2 atom stereocenters. The summed E-state index contributed by atoms with van der Waals surface area (Å²) < 4.78 is 10.3. The number of ether oxygens (including phenoxy) is 2. The number of hydrogen-bond acceptors (Lipinski definition) is 6. The Bertz CT molecular complexity index is 808. The van der Waals surface area contributed by atoms with Crippen LogP contribution in [0.4, 0.5) is 0 Å². The number of aliphatic hydroxyl groups excluding tert-OH is 1. The van der Waals surface area contributed by atoms with E-state index in [0.29, 0.717) is 30.7 Å². The number of ketones is 1. The smallest absolute Gasteiger partial charge is 0.203 e. The van der Waals surface area contributed by atoms with Gasteiger partial charge in [-0.3, -0.25) is 4.79 Å². The van der Waals surface area contributed by atoms with Crippen LogP contribution in [0, 0.1) is 0 Å². The highest BCUT2D eigenvalue weighted by atomic mass is 16.5. The number of aliphatic hydroxyl groups is 1. The fourth-order valence-electron chi connectivity index (χ4n) is 3.89. The molecular formula is C21H25NO5. The Hall–Kier alpha value is -2.57. The predicted octanol–water partition coefficient (Wildman–Crippen LogP) is 2.27. The van der Waals surface area contributed by atoms with E-state index >= 15 is 0 Å². The molecule has 0 saturated carbocycles. The van der Waals surface area contributed by atoms with E-state index in [4.69, 9.17) is 9.47 Å². The summed E-state index contributed by atoms with van der Waals surface area (Å²) in [6.07, 6.45) is 1.15. The average Bonchev–Trinajstić information content (AvgIpc) is 3.13. The first kappa shape index (κ1) is 19.2. The van der Waals surface area contributed by atoms with Crippen molar-refractivity contribution in [1.29, 1.82) is 0 Å². The van der Waals surface area contributed by atoms with Gasteiger partial charge in [0, 0.05) is 24.1 Å². The van der Waals surface area contributed by atoms with Crippen molar-refractivity contribution in [2.24, 2.45) is 0 Å². The van der Waals surface area contributed by atoms with Crippen LogP contribution in [0.5, 0.6) is 17.2 Å². The number of aromatic hydroxyl groups is 1. The normalized spacial score (nSPS) is 21.8. The molecule has 0 amide bonds. The number of phenolic OH excluding ortho intramolecular Hbond substituents is 1. The summed E-state index contributed by atoms with van der Waals surface area (Å²) in [6.45, 7) is 0.655. The lowest BCUT2D eigenvalue weighted by Gasteiger charge is -2.28. The maximum absolute atomic E-state index is 13.1. The van der Waals surface area contributed by atoms with E-state index in [1.807, 2.05) is 30.3 Å². The quantitative estimate of drug-likeness (QED) is 0.647. The minimum Gasteiger partial charge on any atom is -0.504 e. The van der Waals surface area contributed by atoms with Crippen LogP contribution < -0.4 is 14.8 Å². The molecule has 1 heterocycles. The summed E-state index contributed by atoms with van der Waals surface area (Å²) >= 11 is 0. The third-order valence-corrected chi connectivity index (χ3v) is 5.32. The van der Waals surface area contributed by atoms with Gasteiger partial charge >= 0.3 is 0 Å². The van der Waals surface area contributed by atoms with Crippen LogP contribution in [-0.4, -0.2) is 49.4 Å². The zero-order valence-corrected chi connectivity index (χ0v) is 15.6. The minimum absolute atomic E-state index is 0.0502.